The highest BCUT2D eigenvalue weighted by Gasteiger charge is 2.00. The van der Waals surface area contributed by atoms with Crippen LogP contribution >= 0.6 is 0 Å². The summed E-state index contributed by atoms with van der Waals surface area (Å²) in [7, 11) is 0. The van der Waals surface area contributed by atoms with Crippen LogP contribution in [0.25, 0.3) is 0 Å². The van der Waals surface area contributed by atoms with Crippen LogP contribution in [0.1, 0.15) is 5.56 Å². The first-order valence-corrected chi connectivity index (χ1v) is 4.76. The van der Waals surface area contributed by atoms with Crippen LogP contribution in [0.2, 0.25) is 0 Å². The summed E-state index contributed by atoms with van der Waals surface area (Å²) in [5.41, 5.74) is 1.07. The van der Waals surface area contributed by atoms with Gasteiger partial charge in [-0.25, -0.2) is 4.98 Å². The summed E-state index contributed by atoms with van der Waals surface area (Å²) in [5.74, 6) is 0.471. The van der Waals surface area contributed by atoms with Gasteiger partial charge in [-0.05, 0) is 18.6 Å². The molecule has 4 nitrogen and oxygen atoms in total. The number of nitrogens with one attached hydrogen (secondary N) is 2. The van der Waals surface area contributed by atoms with Crippen LogP contribution in [0.5, 0.6) is 0 Å². The summed E-state index contributed by atoms with van der Waals surface area (Å²) >= 11 is 0. The zero-order chi connectivity index (χ0) is 11.1. The lowest BCUT2D eigenvalue weighted by molar-refractivity contribution is -0.115. The van der Waals surface area contributed by atoms with Gasteiger partial charge in [-0.1, -0.05) is 12.1 Å². The molecule has 0 aromatic carbocycles. The van der Waals surface area contributed by atoms with Crippen molar-refractivity contribution < 1.29 is 4.79 Å². The summed E-state index contributed by atoms with van der Waals surface area (Å²) in [6, 6.07) is 3.68. The zero-order valence-corrected chi connectivity index (χ0v) is 8.79. The maximum Gasteiger partial charge on any atom is 0.239 e. The molecule has 1 rings (SSSR count). The van der Waals surface area contributed by atoms with Gasteiger partial charge in [0.1, 0.15) is 5.82 Å². The van der Waals surface area contributed by atoms with E-state index < -0.39 is 0 Å². The fraction of sp³-hybridized carbons (Fsp3) is 0.273. The van der Waals surface area contributed by atoms with E-state index in [4.69, 9.17) is 0 Å². The Labute approximate surface area is 89.4 Å². The molecule has 4 heteroatoms. The van der Waals surface area contributed by atoms with E-state index in [-0.39, 0.29) is 12.5 Å². The quantitative estimate of drug-likeness (QED) is 0.559. The first-order valence-electron chi connectivity index (χ1n) is 4.76. The second kappa shape index (κ2) is 5.93. The van der Waals surface area contributed by atoms with E-state index in [1.165, 1.54) is 0 Å². The highest BCUT2D eigenvalue weighted by molar-refractivity contribution is 5.91. The van der Waals surface area contributed by atoms with Gasteiger partial charge in [0.2, 0.25) is 5.91 Å². The number of hydrogen-bond donors (Lipinski definition) is 2. The Bertz CT molecular complexity index is 332. The minimum absolute atomic E-state index is 0.104. The maximum absolute atomic E-state index is 11.3. The minimum atomic E-state index is -0.104. The van der Waals surface area contributed by atoms with Crippen LogP contribution in [-0.2, 0) is 4.79 Å². The van der Waals surface area contributed by atoms with Crippen LogP contribution < -0.4 is 10.6 Å². The summed E-state index contributed by atoms with van der Waals surface area (Å²) in [6.45, 7) is 6.38. The lowest BCUT2D eigenvalue weighted by Gasteiger charge is -2.04. The third kappa shape index (κ3) is 4.37. The van der Waals surface area contributed by atoms with Crippen molar-refractivity contribution in [3.8, 4) is 0 Å². The van der Waals surface area contributed by atoms with E-state index in [1.807, 2.05) is 13.0 Å². The van der Waals surface area contributed by atoms with E-state index in [0.717, 1.165) is 5.56 Å². The zero-order valence-electron chi connectivity index (χ0n) is 8.79. The molecule has 1 aromatic rings. The third-order valence-electron chi connectivity index (χ3n) is 1.75. The summed E-state index contributed by atoms with van der Waals surface area (Å²) in [6.07, 6.45) is 3.42. The van der Waals surface area contributed by atoms with E-state index in [9.17, 15) is 4.79 Å². The average Bonchev–Trinajstić information content (AvgIpc) is 2.22. The summed E-state index contributed by atoms with van der Waals surface area (Å²) < 4.78 is 0. The Kier molecular flexibility index (Phi) is 4.50. The third-order valence-corrected chi connectivity index (χ3v) is 1.75. The van der Waals surface area contributed by atoms with Gasteiger partial charge < -0.3 is 10.6 Å². The fourth-order valence-electron chi connectivity index (χ4n) is 1.02. The molecular weight excluding hydrogens is 190 g/mol. The van der Waals surface area contributed by atoms with Crippen molar-refractivity contribution in [2.24, 2.45) is 0 Å². The average molecular weight is 205 g/mol. The largest absolute Gasteiger partial charge is 0.310 e. The Morgan fingerprint density at radius 2 is 2.40 bits per heavy atom. The Balaban J connectivity index is 2.37. The van der Waals surface area contributed by atoms with Gasteiger partial charge in [0.25, 0.3) is 0 Å². The van der Waals surface area contributed by atoms with Crippen molar-refractivity contribution >= 4 is 11.7 Å². The molecule has 0 fully saturated rings. The molecule has 0 saturated heterocycles. The predicted molar refractivity (Wildman–Crippen MR) is 60.7 cm³/mol. The molecule has 1 aromatic heterocycles. The molecule has 0 atom stereocenters. The highest BCUT2D eigenvalue weighted by atomic mass is 16.1. The number of carbonyl (C=O) groups is 1. The molecule has 0 aliphatic heterocycles. The predicted octanol–water partition coefficient (Wildman–Crippen LogP) is 1.10. The highest BCUT2D eigenvalue weighted by Crippen LogP contribution is 2.02. The molecular formula is C11H15N3O. The summed E-state index contributed by atoms with van der Waals surface area (Å²) in [4.78, 5) is 15.4. The van der Waals surface area contributed by atoms with Crippen molar-refractivity contribution in [2.45, 2.75) is 6.92 Å². The van der Waals surface area contributed by atoms with E-state index in [1.54, 1.807) is 18.3 Å². The second-order valence-corrected chi connectivity index (χ2v) is 3.19. The molecule has 80 valence electrons. The molecule has 0 aliphatic carbocycles. The van der Waals surface area contributed by atoms with E-state index in [2.05, 4.69) is 22.2 Å². The van der Waals surface area contributed by atoms with Crippen molar-refractivity contribution in [3.05, 3.63) is 36.5 Å². The Morgan fingerprint density at radius 3 is 3.00 bits per heavy atom. The van der Waals surface area contributed by atoms with Gasteiger partial charge in [0.05, 0.1) is 6.54 Å². The van der Waals surface area contributed by atoms with Crippen molar-refractivity contribution in [3.63, 3.8) is 0 Å². The second-order valence-electron chi connectivity index (χ2n) is 3.19. The summed E-state index contributed by atoms with van der Waals surface area (Å²) in [5, 5.41) is 5.59. The SMILES string of the molecule is C=CCNCC(=O)Nc1ccc(C)cn1. The molecule has 0 unspecified atom stereocenters. The van der Waals surface area contributed by atoms with Gasteiger partial charge in [-0.2, -0.15) is 0 Å². The molecule has 0 spiro atoms. The van der Waals surface area contributed by atoms with Gasteiger partial charge in [-0.15, -0.1) is 6.58 Å². The van der Waals surface area contributed by atoms with Gasteiger partial charge in [0.15, 0.2) is 0 Å². The van der Waals surface area contributed by atoms with Gasteiger partial charge >= 0.3 is 0 Å². The van der Waals surface area contributed by atoms with Crippen molar-refractivity contribution in [1.82, 2.24) is 10.3 Å². The van der Waals surface area contributed by atoms with Crippen molar-refractivity contribution in [2.75, 3.05) is 18.4 Å². The Morgan fingerprint density at radius 1 is 1.60 bits per heavy atom. The van der Waals surface area contributed by atoms with Crippen LogP contribution in [0.15, 0.2) is 31.0 Å². The lowest BCUT2D eigenvalue weighted by Crippen LogP contribution is -2.28. The van der Waals surface area contributed by atoms with Gasteiger partial charge in [0, 0.05) is 12.7 Å². The molecule has 0 saturated carbocycles. The number of anilines is 1. The van der Waals surface area contributed by atoms with Crippen LogP contribution in [0, 0.1) is 6.92 Å². The molecule has 0 radical (unpaired) electrons. The molecule has 0 bridgehead atoms. The Hall–Kier alpha value is -1.68. The first kappa shape index (κ1) is 11.4. The normalized spacial score (nSPS) is 9.67. The number of carbonyl (C=O) groups excluding carboxylic acids is 1. The number of aryl methyl sites for hydroxylation is 1. The first-order chi connectivity index (χ1) is 7.22. The number of pyridine rings is 1. The van der Waals surface area contributed by atoms with Crippen LogP contribution in [0.3, 0.4) is 0 Å². The number of aromatic nitrogens is 1. The van der Waals surface area contributed by atoms with Crippen molar-refractivity contribution in [1.29, 1.82) is 0 Å². The standard InChI is InChI=1S/C11H15N3O/c1-3-6-12-8-11(15)14-10-5-4-9(2)7-13-10/h3-5,7,12H,1,6,8H2,2H3,(H,13,14,15). The van der Waals surface area contributed by atoms with E-state index >= 15 is 0 Å². The van der Waals surface area contributed by atoms with Crippen LogP contribution in [0.4, 0.5) is 5.82 Å². The minimum Gasteiger partial charge on any atom is -0.310 e. The maximum atomic E-state index is 11.3. The lowest BCUT2D eigenvalue weighted by atomic mass is 10.3. The number of nitrogens with zero attached hydrogens (tertiary/aromatic N) is 1. The van der Waals surface area contributed by atoms with Crippen LogP contribution in [-0.4, -0.2) is 24.0 Å². The molecule has 1 heterocycles. The molecule has 1 amide bonds. The number of hydrogen-bond acceptors (Lipinski definition) is 3. The smallest absolute Gasteiger partial charge is 0.239 e. The number of amides is 1. The topological polar surface area (TPSA) is 54.0 Å². The molecule has 15 heavy (non-hydrogen) atoms. The van der Waals surface area contributed by atoms with E-state index in [0.29, 0.717) is 12.4 Å². The monoisotopic (exact) mass is 205 g/mol. The number of rotatable bonds is 5. The fourth-order valence-corrected chi connectivity index (χ4v) is 1.02. The molecule has 2 N–H and O–H groups in total. The molecule has 0 aliphatic rings. The van der Waals surface area contributed by atoms with Gasteiger partial charge in [-0.3, -0.25) is 4.79 Å².